The first-order chi connectivity index (χ1) is 9.39. The summed E-state index contributed by atoms with van der Waals surface area (Å²) in [5, 5.41) is 2.43. The van der Waals surface area contributed by atoms with Gasteiger partial charge in [0.2, 0.25) is 0 Å². The summed E-state index contributed by atoms with van der Waals surface area (Å²) in [5.41, 5.74) is 1.02. The molecule has 0 saturated carbocycles. The number of carbonyl (C=O) groups is 1. The van der Waals surface area contributed by atoms with Crippen molar-refractivity contribution in [1.82, 2.24) is 4.98 Å². The van der Waals surface area contributed by atoms with Gasteiger partial charge >= 0.3 is 6.18 Å². The van der Waals surface area contributed by atoms with Crippen LogP contribution < -0.4 is 5.32 Å². The number of allylic oxidation sites excluding steroid dienone is 1. The number of anilines is 1. The van der Waals surface area contributed by atoms with Gasteiger partial charge in [-0.25, -0.2) is 0 Å². The maximum absolute atomic E-state index is 12.2. The highest BCUT2D eigenvalue weighted by Crippen LogP contribution is 2.24. The molecule has 1 aromatic heterocycles. The molecule has 1 N–H and O–H groups in total. The molecule has 7 heteroatoms. The Kier molecular flexibility index (Phi) is 3.94. The molecule has 0 bridgehead atoms. The zero-order chi connectivity index (χ0) is 14.8. The number of carbonyl (C=O) groups excluding carboxylic acids is 1. The third kappa shape index (κ3) is 3.08. The number of fused-ring (bicyclic) bond motifs is 1. The Labute approximate surface area is 117 Å². The van der Waals surface area contributed by atoms with Gasteiger partial charge in [0.1, 0.15) is 5.03 Å². The molecule has 1 aromatic carbocycles. The van der Waals surface area contributed by atoms with Crippen molar-refractivity contribution >= 4 is 34.0 Å². The second-order valence-electron chi connectivity index (χ2n) is 3.84. The molecule has 0 spiro atoms. The van der Waals surface area contributed by atoms with Gasteiger partial charge in [-0.15, -0.1) is 0 Å². The normalized spacial score (nSPS) is 12.5. The van der Waals surface area contributed by atoms with E-state index in [9.17, 15) is 18.0 Å². The van der Waals surface area contributed by atoms with Crippen LogP contribution in [-0.4, -0.2) is 16.9 Å². The van der Waals surface area contributed by atoms with Crippen LogP contribution in [0.5, 0.6) is 0 Å². The van der Waals surface area contributed by atoms with Crippen molar-refractivity contribution in [3.8, 4) is 0 Å². The molecule has 0 amide bonds. The summed E-state index contributed by atoms with van der Waals surface area (Å²) < 4.78 is 36.5. The minimum Gasteiger partial charge on any atom is -0.358 e. The first-order valence-electron chi connectivity index (χ1n) is 5.47. The number of halogens is 4. The number of nitrogens with one attached hydrogen (secondary N) is 1. The molecule has 3 nitrogen and oxygen atoms in total. The topological polar surface area (TPSA) is 42.0 Å². The molecule has 1 heterocycles. The average molecular weight is 301 g/mol. The van der Waals surface area contributed by atoms with Crippen molar-refractivity contribution in [2.45, 2.75) is 6.18 Å². The maximum Gasteiger partial charge on any atom is 0.455 e. The summed E-state index contributed by atoms with van der Waals surface area (Å²) in [6.45, 7) is 0. The van der Waals surface area contributed by atoms with E-state index < -0.39 is 17.0 Å². The second-order valence-corrected chi connectivity index (χ2v) is 4.25. The number of para-hydroxylation sites is 1. The van der Waals surface area contributed by atoms with E-state index in [4.69, 9.17) is 11.6 Å². The first-order valence-corrected chi connectivity index (χ1v) is 5.85. The van der Waals surface area contributed by atoms with E-state index in [1.807, 2.05) is 0 Å². The minimum atomic E-state index is -4.99. The highest BCUT2D eigenvalue weighted by molar-refractivity contribution is 6.43. The zero-order valence-corrected chi connectivity index (χ0v) is 10.7. The Morgan fingerprint density at radius 2 is 1.95 bits per heavy atom. The van der Waals surface area contributed by atoms with Crippen LogP contribution in [0.15, 0.2) is 47.8 Å². The lowest BCUT2D eigenvalue weighted by Gasteiger charge is -2.07. The Balaban J connectivity index is 2.27. The first kappa shape index (κ1) is 14.3. The number of rotatable bonds is 3. The number of nitrogens with zero attached hydrogens (tertiary/aromatic N) is 1. The lowest BCUT2D eigenvalue weighted by atomic mass is 10.2. The van der Waals surface area contributed by atoms with Crippen LogP contribution in [0.2, 0.25) is 0 Å². The molecule has 0 aliphatic carbocycles. The number of benzene rings is 1. The quantitative estimate of drug-likeness (QED) is 0.875. The smallest absolute Gasteiger partial charge is 0.358 e. The summed E-state index contributed by atoms with van der Waals surface area (Å²) in [6.07, 6.45) is -2.63. The fraction of sp³-hybridized carbons (Fsp3) is 0.0769. The molecule has 2 rings (SSSR count). The van der Waals surface area contributed by atoms with Crippen LogP contribution in [-0.2, 0) is 4.79 Å². The predicted molar refractivity (Wildman–Crippen MR) is 70.4 cm³/mol. The molecule has 2 aromatic rings. The fourth-order valence-electron chi connectivity index (χ4n) is 1.56. The van der Waals surface area contributed by atoms with Crippen molar-refractivity contribution in [2.75, 3.05) is 5.32 Å². The third-order valence-electron chi connectivity index (χ3n) is 2.46. The lowest BCUT2D eigenvalue weighted by Crippen LogP contribution is -2.23. The number of hydrogen-bond donors (Lipinski definition) is 1. The molecule has 0 unspecified atom stereocenters. The van der Waals surface area contributed by atoms with E-state index in [0.717, 1.165) is 11.6 Å². The van der Waals surface area contributed by atoms with E-state index in [2.05, 4.69) is 10.3 Å². The van der Waals surface area contributed by atoms with Crippen LogP contribution in [0.4, 0.5) is 18.9 Å². The number of hydrogen-bond acceptors (Lipinski definition) is 3. The van der Waals surface area contributed by atoms with Gasteiger partial charge in [-0.1, -0.05) is 29.8 Å². The van der Waals surface area contributed by atoms with E-state index in [1.165, 1.54) is 0 Å². The van der Waals surface area contributed by atoms with E-state index in [1.54, 1.807) is 36.5 Å². The average Bonchev–Trinajstić information content (AvgIpc) is 2.42. The van der Waals surface area contributed by atoms with E-state index in [0.29, 0.717) is 11.2 Å². The van der Waals surface area contributed by atoms with E-state index in [-0.39, 0.29) is 0 Å². The summed E-state index contributed by atoms with van der Waals surface area (Å²) in [4.78, 5) is 15.0. The largest absolute Gasteiger partial charge is 0.455 e. The lowest BCUT2D eigenvalue weighted by molar-refractivity contribution is -0.165. The fourth-order valence-corrected chi connectivity index (χ4v) is 1.72. The Hall–Kier alpha value is -2.08. The molecule has 0 fully saturated rings. The minimum absolute atomic E-state index is 0.455. The molecule has 0 atom stereocenters. The van der Waals surface area contributed by atoms with Gasteiger partial charge in [-0.2, -0.15) is 13.2 Å². The molecule has 0 aliphatic rings. The Bertz CT molecular complexity index is 677. The van der Waals surface area contributed by atoms with Crippen LogP contribution in [0.1, 0.15) is 0 Å². The van der Waals surface area contributed by atoms with Gasteiger partial charge in [-0.05, 0) is 12.1 Å². The number of pyridine rings is 1. The van der Waals surface area contributed by atoms with Crippen LogP contribution >= 0.6 is 11.6 Å². The summed E-state index contributed by atoms with van der Waals surface area (Å²) in [5.74, 6) is -2.10. The standard InChI is InChI=1S/C13H8ClF3N2O/c14-9(12(20)13(15,16)17)7-19-10-5-1-3-8-4-2-6-18-11(8)10/h1-7,19H/b9-7-. The third-order valence-corrected chi connectivity index (χ3v) is 2.74. The molecule has 104 valence electrons. The summed E-state index contributed by atoms with van der Waals surface area (Å²) in [7, 11) is 0. The van der Waals surface area contributed by atoms with Crippen LogP contribution in [0.3, 0.4) is 0 Å². The Morgan fingerprint density at radius 3 is 2.65 bits per heavy atom. The number of aromatic nitrogens is 1. The van der Waals surface area contributed by atoms with Crippen molar-refractivity contribution in [1.29, 1.82) is 0 Å². The second kappa shape index (κ2) is 5.50. The maximum atomic E-state index is 12.2. The predicted octanol–water partition coefficient (Wildman–Crippen LogP) is 3.86. The monoisotopic (exact) mass is 300 g/mol. The zero-order valence-electron chi connectivity index (χ0n) is 9.91. The van der Waals surface area contributed by atoms with Gasteiger partial charge in [-0.3, -0.25) is 9.78 Å². The van der Waals surface area contributed by atoms with Crippen molar-refractivity contribution in [3.05, 3.63) is 47.8 Å². The van der Waals surface area contributed by atoms with Crippen molar-refractivity contribution < 1.29 is 18.0 Å². The van der Waals surface area contributed by atoms with Gasteiger partial charge in [0.25, 0.3) is 5.78 Å². The molecule has 20 heavy (non-hydrogen) atoms. The Morgan fingerprint density at radius 1 is 1.25 bits per heavy atom. The number of Topliss-reactive ketones (excluding diaryl/α,β-unsaturated/α-hetero) is 1. The molecule has 0 radical (unpaired) electrons. The van der Waals surface area contributed by atoms with Gasteiger partial charge in [0.15, 0.2) is 0 Å². The van der Waals surface area contributed by atoms with Gasteiger partial charge in [0, 0.05) is 17.8 Å². The molecule has 0 aliphatic heterocycles. The molecular weight excluding hydrogens is 293 g/mol. The van der Waals surface area contributed by atoms with Gasteiger partial charge < -0.3 is 5.32 Å². The van der Waals surface area contributed by atoms with Crippen molar-refractivity contribution in [2.24, 2.45) is 0 Å². The van der Waals surface area contributed by atoms with Gasteiger partial charge in [0.05, 0.1) is 11.2 Å². The molecule has 0 saturated heterocycles. The summed E-state index contributed by atoms with van der Waals surface area (Å²) >= 11 is 5.33. The van der Waals surface area contributed by atoms with Crippen molar-refractivity contribution in [3.63, 3.8) is 0 Å². The number of ketones is 1. The molecular formula is C13H8ClF3N2O. The highest BCUT2D eigenvalue weighted by Gasteiger charge is 2.40. The highest BCUT2D eigenvalue weighted by atomic mass is 35.5. The number of alkyl halides is 3. The SMILES string of the molecule is O=C(/C(Cl)=C/Nc1cccc2cccnc12)C(F)(F)F. The van der Waals surface area contributed by atoms with E-state index >= 15 is 0 Å². The van der Waals surface area contributed by atoms with Crippen LogP contribution in [0.25, 0.3) is 10.9 Å². The summed E-state index contributed by atoms with van der Waals surface area (Å²) in [6, 6.07) is 8.68. The van der Waals surface area contributed by atoms with Crippen LogP contribution in [0, 0.1) is 0 Å².